The first-order chi connectivity index (χ1) is 12.6. The highest BCUT2D eigenvalue weighted by Gasteiger charge is 2.33. The first-order valence-electron chi connectivity index (χ1n) is 7.83. The lowest BCUT2D eigenvalue weighted by atomic mass is 9.92. The molecule has 4 rings (SSSR count). The molecule has 0 radical (unpaired) electrons. The van der Waals surface area contributed by atoms with Crippen molar-refractivity contribution in [3.05, 3.63) is 47.5 Å². The number of rotatable bonds is 5. The molecule has 27 heavy (non-hydrogen) atoms. The molecule has 1 aliphatic carbocycles. The Hall–Kier alpha value is -2.91. The molecule has 1 fully saturated rings. The summed E-state index contributed by atoms with van der Waals surface area (Å²) in [5.74, 6) is 0.531. The number of benzene rings is 1. The Kier molecular flexibility index (Phi) is 5.43. The number of ether oxygens (including phenoxy) is 2. The number of nitrogens with zero attached hydrogens (tertiary/aromatic N) is 3. The average Bonchev–Trinajstić information content (AvgIpc) is 3.03. The van der Waals surface area contributed by atoms with Gasteiger partial charge in [0.05, 0.1) is 23.5 Å². The van der Waals surface area contributed by atoms with Gasteiger partial charge in [-0.2, -0.15) is 0 Å². The molecule has 4 N–H and O–H groups in total. The standard InChI is InChI=1S/C17H13ClFN3O4.H3N/c18-12-5-9(1-2-13(12)19)24-10-3-11(4-10)25-17-8-20-14(7-21-17)15-6-16(23)22-26-15;/h1-2,5-8,10-11H,3-4H2,(H,22,23);1H3/t10-,11+;. The molecule has 8 nitrogen and oxygen atoms in total. The van der Waals surface area contributed by atoms with Gasteiger partial charge in [-0.05, 0) is 17.3 Å². The van der Waals surface area contributed by atoms with Crippen molar-refractivity contribution in [3.8, 4) is 29.0 Å². The molecule has 2 heterocycles. The molecule has 1 aromatic carbocycles. The molecule has 0 bridgehead atoms. The van der Waals surface area contributed by atoms with Gasteiger partial charge in [0, 0.05) is 18.9 Å². The van der Waals surface area contributed by atoms with Crippen molar-refractivity contribution in [1.82, 2.24) is 21.3 Å². The first-order valence-corrected chi connectivity index (χ1v) is 8.21. The summed E-state index contributed by atoms with van der Waals surface area (Å²) in [6, 6.07) is 5.62. The van der Waals surface area contributed by atoms with Crippen LogP contribution in [0.5, 0.6) is 17.5 Å². The number of hydrogen-bond donors (Lipinski definition) is 2. The minimum atomic E-state index is -0.476. The van der Waals surface area contributed by atoms with E-state index < -0.39 is 5.82 Å². The Balaban J connectivity index is 0.00000210. The minimum absolute atomic E-state index is 0. The van der Waals surface area contributed by atoms with Gasteiger partial charge in [-0.3, -0.25) is 0 Å². The summed E-state index contributed by atoms with van der Waals surface area (Å²) in [5, 5.41) is 12.6. The Morgan fingerprint density at radius 1 is 1.11 bits per heavy atom. The van der Waals surface area contributed by atoms with E-state index in [2.05, 4.69) is 15.1 Å². The highest BCUT2D eigenvalue weighted by Crippen LogP contribution is 2.31. The van der Waals surface area contributed by atoms with Gasteiger partial charge < -0.3 is 25.3 Å². The second kappa shape index (κ2) is 7.77. The zero-order chi connectivity index (χ0) is 18.1. The molecule has 1 aliphatic rings. The van der Waals surface area contributed by atoms with Crippen LogP contribution in [0.2, 0.25) is 5.02 Å². The molecule has 0 unspecified atom stereocenters. The topological polar surface area (TPSA) is 126 Å². The van der Waals surface area contributed by atoms with Gasteiger partial charge in [-0.15, -0.1) is 0 Å². The Morgan fingerprint density at radius 3 is 2.52 bits per heavy atom. The number of hydrogen-bond acceptors (Lipinski definition) is 8. The molecule has 0 aliphatic heterocycles. The molecule has 142 valence electrons. The number of aromatic hydroxyl groups is 1. The van der Waals surface area contributed by atoms with Crippen LogP contribution in [0.4, 0.5) is 4.39 Å². The Morgan fingerprint density at radius 2 is 1.89 bits per heavy atom. The van der Waals surface area contributed by atoms with E-state index in [0.29, 0.717) is 35.9 Å². The summed E-state index contributed by atoms with van der Waals surface area (Å²) in [4.78, 5) is 8.33. The lowest BCUT2D eigenvalue weighted by molar-refractivity contribution is 0.00203. The fourth-order valence-corrected chi connectivity index (χ4v) is 2.68. The van der Waals surface area contributed by atoms with Crippen LogP contribution in [0.15, 0.2) is 41.2 Å². The van der Waals surface area contributed by atoms with E-state index in [-0.39, 0.29) is 29.3 Å². The van der Waals surface area contributed by atoms with Gasteiger partial charge in [0.2, 0.25) is 5.88 Å². The van der Waals surface area contributed by atoms with Crippen molar-refractivity contribution in [2.24, 2.45) is 0 Å². The van der Waals surface area contributed by atoms with Crippen LogP contribution in [-0.4, -0.2) is 32.4 Å². The normalized spacial score (nSPS) is 18.3. The van der Waals surface area contributed by atoms with Gasteiger partial charge in [0.25, 0.3) is 5.88 Å². The highest BCUT2D eigenvalue weighted by atomic mass is 35.5. The van der Waals surface area contributed by atoms with E-state index >= 15 is 0 Å². The van der Waals surface area contributed by atoms with Crippen molar-refractivity contribution in [2.75, 3.05) is 0 Å². The molecule has 0 saturated heterocycles. The van der Waals surface area contributed by atoms with Gasteiger partial charge >= 0.3 is 0 Å². The summed E-state index contributed by atoms with van der Waals surface area (Å²) in [6.07, 6.45) is 4.24. The third kappa shape index (κ3) is 4.26. The van der Waals surface area contributed by atoms with Crippen LogP contribution in [0.25, 0.3) is 11.5 Å². The lowest BCUT2D eigenvalue weighted by Crippen LogP contribution is -2.41. The summed E-state index contributed by atoms with van der Waals surface area (Å²) < 4.78 is 29.5. The monoisotopic (exact) mass is 394 g/mol. The lowest BCUT2D eigenvalue weighted by Gasteiger charge is -2.34. The van der Waals surface area contributed by atoms with Crippen LogP contribution in [-0.2, 0) is 0 Å². The Bertz CT molecular complexity index is 916. The first kappa shape index (κ1) is 18.9. The van der Waals surface area contributed by atoms with Crippen molar-refractivity contribution >= 4 is 11.6 Å². The summed E-state index contributed by atoms with van der Waals surface area (Å²) in [6.45, 7) is 0. The molecule has 2 aromatic heterocycles. The van der Waals surface area contributed by atoms with Crippen LogP contribution >= 0.6 is 11.6 Å². The third-order valence-corrected chi connectivity index (χ3v) is 4.20. The molecular weight excluding hydrogens is 379 g/mol. The SMILES string of the molecule is N.Oc1cc(-c2cnc(O[C@H]3C[C@@H](Oc4ccc(F)c(Cl)c4)C3)cn2)on1. The third-order valence-electron chi connectivity index (χ3n) is 3.91. The van der Waals surface area contributed by atoms with Crippen LogP contribution in [0, 0.1) is 5.82 Å². The molecular formula is C17H16ClFN4O4. The maximum atomic E-state index is 13.1. The van der Waals surface area contributed by atoms with Gasteiger partial charge in [0.1, 0.15) is 29.5 Å². The maximum absolute atomic E-state index is 13.1. The van der Waals surface area contributed by atoms with Gasteiger partial charge in [0.15, 0.2) is 5.76 Å². The average molecular weight is 395 g/mol. The van der Waals surface area contributed by atoms with Crippen LogP contribution in [0.3, 0.4) is 0 Å². The summed E-state index contributed by atoms with van der Waals surface area (Å²) in [5.41, 5.74) is 0.438. The molecule has 10 heteroatoms. The fraction of sp³-hybridized carbons (Fsp3) is 0.235. The van der Waals surface area contributed by atoms with E-state index in [4.69, 9.17) is 25.6 Å². The van der Waals surface area contributed by atoms with E-state index in [1.54, 1.807) is 6.07 Å². The second-order valence-electron chi connectivity index (χ2n) is 5.82. The largest absolute Gasteiger partial charge is 0.491 e. The predicted molar refractivity (Wildman–Crippen MR) is 93.7 cm³/mol. The smallest absolute Gasteiger partial charge is 0.252 e. The van der Waals surface area contributed by atoms with E-state index in [9.17, 15) is 9.50 Å². The quantitative estimate of drug-likeness (QED) is 0.669. The van der Waals surface area contributed by atoms with Crippen LogP contribution in [0.1, 0.15) is 12.8 Å². The minimum Gasteiger partial charge on any atom is -0.491 e. The van der Waals surface area contributed by atoms with E-state index in [0.717, 1.165) is 0 Å². The van der Waals surface area contributed by atoms with Gasteiger partial charge in [-0.25, -0.2) is 14.4 Å². The summed E-state index contributed by atoms with van der Waals surface area (Å²) in [7, 11) is 0. The number of halogens is 2. The number of aromatic nitrogens is 3. The van der Waals surface area contributed by atoms with Crippen LogP contribution < -0.4 is 15.6 Å². The molecule has 0 amide bonds. The van der Waals surface area contributed by atoms with Crippen molar-refractivity contribution in [2.45, 2.75) is 25.0 Å². The maximum Gasteiger partial charge on any atom is 0.252 e. The molecule has 3 aromatic rings. The van der Waals surface area contributed by atoms with Crippen molar-refractivity contribution in [3.63, 3.8) is 0 Å². The summed E-state index contributed by atoms with van der Waals surface area (Å²) >= 11 is 5.73. The fourth-order valence-electron chi connectivity index (χ4n) is 2.51. The van der Waals surface area contributed by atoms with E-state index in [1.165, 1.54) is 30.6 Å². The highest BCUT2D eigenvalue weighted by molar-refractivity contribution is 6.30. The molecule has 0 spiro atoms. The van der Waals surface area contributed by atoms with Crippen molar-refractivity contribution < 1.29 is 23.5 Å². The Labute approximate surface area is 158 Å². The predicted octanol–water partition coefficient (Wildman–Crippen LogP) is 3.78. The van der Waals surface area contributed by atoms with Crippen molar-refractivity contribution in [1.29, 1.82) is 0 Å². The zero-order valence-corrected chi connectivity index (χ0v) is 14.8. The molecule has 0 atom stereocenters. The van der Waals surface area contributed by atoms with Gasteiger partial charge in [-0.1, -0.05) is 11.6 Å². The second-order valence-corrected chi connectivity index (χ2v) is 6.22. The zero-order valence-electron chi connectivity index (χ0n) is 14.0. The van der Waals surface area contributed by atoms with E-state index in [1.807, 2.05) is 0 Å². The molecule has 1 saturated carbocycles.